The van der Waals surface area contributed by atoms with E-state index in [0.717, 1.165) is 40.9 Å². The van der Waals surface area contributed by atoms with Crippen molar-refractivity contribution in [2.75, 3.05) is 13.2 Å². The van der Waals surface area contributed by atoms with Crippen molar-refractivity contribution < 1.29 is 50.3 Å². The van der Waals surface area contributed by atoms with E-state index in [1.807, 2.05) is 73.1 Å². The van der Waals surface area contributed by atoms with Gasteiger partial charge in [0.25, 0.3) is 0 Å². The number of ether oxygens (including phenoxy) is 2. The van der Waals surface area contributed by atoms with Crippen LogP contribution in [0.5, 0.6) is 0 Å². The molecule has 0 aliphatic carbocycles. The molecule has 266 valence electrons. The first-order valence-electron chi connectivity index (χ1n) is 15.9. The van der Waals surface area contributed by atoms with Gasteiger partial charge in [0.1, 0.15) is 48.8 Å². The van der Waals surface area contributed by atoms with Gasteiger partial charge in [-0.05, 0) is 65.2 Å². The second-order valence-corrected chi connectivity index (χ2v) is 15.5. The van der Waals surface area contributed by atoms with Gasteiger partial charge < -0.3 is 59.5 Å². The molecule has 50 heavy (non-hydrogen) atoms. The van der Waals surface area contributed by atoms with Crippen LogP contribution in [0.15, 0.2) is 86.5 Å². The number of aliphatic hydroxyl groups excluding tert-OH is 8. The summed E-state index contributed by atoms with van der Waals surface area (Å²) in [6, 6.07) is 19.0. The Balaban J connectivity index is 1.47. The third kappa shape index (κ3) is 6.19. The highest BCUT2D eigenvalue weighted by Crippen LogP contribution is 2.45. The lowest BCUT2D eigenvalue weighted by Crippen LogP contribution is -2.56. The first-order valence-corrected chi connectivity index (χ1v) is 18.3. The molecular formula is C35H35Br3N2O10. The topological polar surface area (TPSA) is 190 Å². The Morgan fingerprint density at radius 1 is 0.540 bits per heavy atom. The van der Waals surface area contributed by atoms with Crippen LogP contribution in [0, 0.1) is 0 Å². The van der Waals surface area contributed by atoms with Gasteiger partial charge in [0.15, 0.2) is 12.5 Å². The molecule has 7 rings (SSSR count). The highest BCUT2D eigenvalue weighted by atomic mass is 79.9. The molecule has 12 nitrogen and oxygen atoms in total. The second kappa shape index (κ2) is 14.3. The molecule has 2 aromatic heterocycles. The summed E-state index contributed by atoms with van der Waals surface area (Å²) in [5.41, 5.74) is 3.71. The summed E-state index contributed by atoms with van der Waals surface area (Å²) in [4.78, 5) is 0. The predicted octanol–water partition coefficient (Wildman–Crippen LogP) is 3.01. The summed E-state index contributed by atoms with van der Waals surface area (Å²) >= 11 is 10.8. The van der Waals surface area contributed by atoms with Crippen LogP contribution in [0.2, 0.25) is 0 Å². The van der Waals surface area contributed by atoms with Crippen molar-refractivity contribution in [1.82, 2.24) is 9.13 Å². The summed E-state index contributed by atoms with van der Waals surface area (Å²) in [7, 11) is 0. The van der Waals surface area contributed by atoms with Gasteiger partial charge in [-0.25, -0.2) is 0 Å². The number of rotatable bonds is 7. The molecular weight excluding hydrogens is 848 g/mol. The molecule has 0 saturated carbocycles. The van der Waals surface area contributed by atoms with Crippen molar-refractivity contribution in [1.29, 1.82) is 0 Å². The molecule has 0 unspecified atom stereocenters. The zero-order valence-electron chi connectivity index (χ0n) is 26.1. The van der Waals surface area contributed by atoms with Crippen LogP contribution in [0.1, 0.15) is 35.1 Å². The highest BCUT2D eigenvalue weighted by molar-refractivity contribution is 9.11. The van der Waals surface area contributed by atoms with Crippen molar-refractivity contribution in [3.05, 3.63) is 103 Å². The summed E-state index contributed by atoms with van der Waals surface area (Å²) < 4.78 is 17.8. The molecule has 0 spiro atoms. The molecule has 8 N–H and O–H groups in total. The lowest BCUT2D eigenvalue weighted by atomic mass is 9.85. The van der Waals surface area contributed by atoms with Crippen molar-refractivity contribution in [2.45, 2.75) is 67.2 Å². The Morgan fingerprint density at radius 3 is 1.34 bits per heavy atom. The van der Waals surface area contributed by atoms with Crippen LogP contribution < -0.4 is 0 Å². The largest absolute Gasteiger partial charge is 0.394 e. The molecule has 5 aromatic rings. The SMILES string of the molecule is OC[C@H]1O[C@@H](n2cc(C(c3ccc(Br)cc3)c3cn([C@@H]4O[C@H](CO)[C@@H](O)[C@H](O)[C@H]4O)c4ccc(Br)cc34)c3cc(Br)ccc32)[C@H](O)[C@@H](O)[C@@H]1O. The molecule has 3 aromatic carbocycles. The Bertz CT molecular complexity index is 1880. The molecule has 2 aliphatic rings. The Kier molecular flexibility index (Phi) is 10.3. The number of halogens is 3. The van der Waals surface area contributed by atoms with Gasteiger partial charge in [-0.3, -0.25) is 0 Å². The Morgan fingerprint density at radius 2 is 0.940 bits per heavy atom. The van der Waals surface area contributed by atoms with E-state index in [0.29, 0.717) is 11.0 Å². The second-order valence-electron chi connectivity index (χ2n) is 12.7. The van der Waals surface area contributed by atoms with Crippen LogP contribution >= 0.6 is 47.8 Å². The van der Waals surface area contributed by atoms with Gasteiger partial charge in [0.05, 0.1) is 24.2 Å². The smallest absolute Gasteiger partial charge is 0.163 e. The van der Waals surface area contributed by atoms with Gasteiger partial charge in [-0.1, -0.05) is 59.9 Å². The molecule has 0 bridgehead atoms. The fourth-order valence-corrected chi connectivity index (χ4v) is 8.18. The van der Waals surface area contributed by atoms with Gasteiger partial charge in [0, 0.05) is 42.5 Å². The van der Waals surface area contributed by atoms with Gasteiger partial charge in [0.2, 0.25) is 0 Å². The molecule has 2 saturated heterocycles. The minimum Gasteiger partial charge on any atom is -0.394 e. The Labute approximate surface area is 311 Å². The minimum atomic E-state index is -1.58. The standard InChI is InChI=1S/C35H35Br3N2O10/c36-16-3-1-15(2-4-16)27(21-11-39(23-7-5-17(37)9-19(21)23)34-32(47)30(45)28(43)25(13-41)49-34)22-12-40(24-8-6-18(38)10-20(22)24)35-33(48)31(46)29(44)26(14-42)50-35/h1-12,25-35,41-48H,13-14H2/t25-,26-,28-,29-,30+,31+,32-,33-,34-,35-/m1/s1. The lowest BCUT2D eigenvalue weighted by molar-refractivity contribution is -0.250. The summed E-state index contributed by atoms with van der Waals surface area (Å²) in [5, 5.41) is 86.2. The predicted molar refractivity (Wildman–Crippen MR) is 192 cm³/mol. The lowest BCUT2D eigenvalue weighted by Gasteiger charge is -2.40. The van der Waals surface area contributed by atoms with Gasteiger partial charge in [-0.2, -0.15) is 0 Å². The van der Waals surface area contributed by atoms with E-state index in [1.54, 1.807) is 9.13 Å². The van der Waals surface area contributed by atoms with Crippen molar-refractivity contribution >= 4 is 69.6 Å². The monoisotopic (exact) mass is 880 g/mol. The number of fused-ring (bicyclic) bond motifs is 2. The maximum atomic E-state index is 11.2. The molecule has 2 fully saturated rings. The zero-order chi connectivity index (χ0) is 35.6. The first-order chi connectivity index (χ1) is 23.9. The molecule has 4 heterocycles. The third-order valence-electron chi connectivity index (χ3n) is 9.76. The molecule has 2 aliphatic heterocycles. The Hall–Kier alpha value is -2.22. The van der Waals surface area contributed by atoms with Crippen molar-refractivity contribution in [3.8, 4) is 0 Å². The fraction of sp³-hybridized carbons (Fsp3) is 0.371. The van der Waals surface area contributed by atoms with Crippen LogP contribution in [0.3, 0.4) is 0 Å². The third-order valence-corrected chi connectivity index (χ3v) is 11.3. The normalized spacial score (nSPS) is 30.5. The summed E-state index contributed by atoms with van der Waals surface area (Å²) in [5.74, 6) is -0.519. The van der Waals surface area contributed by atoms with E-state index in [9.17, 15) is 40.9 Å². The van der Waals surface area contributed by atoms with Crippen LogP contribution in [-0.2, 0) is 9.47 Å². The number of aliphatic hydroxyl groups is 8. The summed E-state index contributed by atoms with van der Waals surface area (Å²) in [6.45, 7) is -1.15. The molecule has 0 amide bonds. The molecule has 0 radical (unpaired) electrons. The highest BCUT2D eigenvalue weighted by Gasteiger charge is 2.46. The zero-order valence-corrected chi connectivity index (χ0v) is 30.9. The quantitative estimate of drug-likeness (QED) is 0.121. The number of benzene rings is 3. The van der Waals surface area contributed by atoms with Crippen LogP contribution in [0.25, 0.3) is 21.8 Å². The van der Waals surface area contributed by atoms with E-state index in [4.69, 9.17) is 9.47 Å². The number of nitrogens with zero attached hydrogens (tertiary/aromatic N) is 2. The maximum absolute atomic E-state index is 11.2. The fourth-order valence-electron chi connectivity index (χ4n) is 7.19. The summed E-state index contributed by atoms with van der Waals surface area (Å²) in [6.07, 6.45) is -10.2. The van der Waals surface area contributed by atoms with Crippen LogP contribution in [0.4, 0.5) is 0 Å². The van der Waals surface area contributed by atoms with E-state index in [2.05, 4.69) is 47.8 Å². The average molecular weight is 883 g/mol. The van der Waals surface area contributed by atoms with Crippen LogP contribution in [-0.4, -0.2) is 112 Å². The van der Waals surface area contributed by atoms with Crippen molar-refractivity contribution in [2.24, 2.45) is 0 Å². The maximum Gasteiger partial charge on any atom is 0.163 e. The van der Waals surface area contributed by atoms with Crippen molar-refractivity contribution in [3.63, 3.8) is 0 Å². The first kappa shape index (κ1) is 36.2. The molecule has 10 atom stereocenters. The number of hydrogen-bond donors (Lipinski definition) is 8. The average Bonchev–Trinajstić information content (AvgIpc) is 3.65. The number of hydrogen-bond acceptors (Lipinski definition) is 10. The van der Waals surface area contributed by atoms with E-state index < -0.39 is 80.4 Å². The minimum absolute atomic E-state index is 0.519. The van der Waals surface area contributed by atoms with Gasteiger partial charge in [-0.15, -0.1) is 0 Å². The number of aromatic nitrogens is 2. The van der Waals surface area contributed by atoms with E-state index in [1.165, 1.54) is 0 Å². The van der Waals surface area contributed by atoms with Gasteiger partial charge >= 0.3 is 0 Å². The van der Waals surface area contributed by atoms with E-state index >= 15 is 0 Å². The van der Waals surface area contributed by atoms with E-state index in [-0.39, 0.29) is 0 Å². The molecule has 15 heteroatoms.